The van der Waals surface area contributed by atoms with E-state index in [2.05, 4.69) is 51.8 Å². The van der Waals surface area contributed by atoms with Gasteiger partial charge in [-0.1, -0.05) is 32.9 Å². The molecule has 1 amide bonds. The molecule has 136 valence electrons. The molecule has 25 heavy (non-hydrogen) atoms. The Morgan fingerprint density at radius 2 is 1.88 bits per heavy atom. The van der Waals surface area contributed by atoms with Crippen LogP contribution in [-0.2, 0) is 16.6 Å². The third kappa shape index (κ3) is 5.12. The number of nitrogens with zero attached hydrogens (tertiary/aromatic N) is 1. The molecule has 4 heteroatoms. The molecule has 0 radical (unpaired) electrons. The van der Waals surface area contributed by atoms with E-state index < -0.39 is 0 Å². The Hall–Kier alpha value is -2.23. The van der Waals surface area contributed by atoms with Gasteiger partial charge < -0.3 is 16.0 Å². The lowest BCUT2D eigenvalue weighted by molar-refractivity contribution is -0.119. The maximum Gasteiger partial charge on any atom is 0.228 e. The number of benzene rings is 1. The van der Waals surface area contributed by atoms with Gasteiger partial charge in [-0.15, -0.1) is 0 Å². The van der Waals surface area contributed by atoms with E-state index in [0.29, 0.717) is 6.42 Å². The number of amides is 1. The largest absolute Gasteiger partial charge is 0.398 e. The molecule has 0 spiro atoms. The quantitative estimate of drug-likeness (QED) is 0.824. The van der Waals surface area contributed by atoms with Crippen molar-refractivity contribution in [1.29, 1.82) is 0 Å². The second-order valence-electron chi connectivity index (χ2n) is 8.69. The molecule has 3 N–H and O–H groups in total. The summed E-state index contributed by atoms with van der Waals surface area (Å²) in [7, 11) is 0. The van der Waals surface area contributed by atoms with Crippen LogP contribution in [0.1, 0.15) is 52.7 Å². The van der Waals surface area contributed by atoms with E-state index in [1.807, 2.05) is 36.6 Å². The second-order valence-corrected chi connectivity index (χ2v) is 8.69. The SMILES string of the molecule is CC(C)(C)c1ccc(CC(=O)NC2=CCN(C(C)(C)C)C=C2)cc1N. The lowest BCUT2D eigenvalue weighted by atomic mass is 9.85. The number of nitrogens with two attached hydrogens (primary N) is 1. The minimum atomic E-state index is -0.0250. The summed E-state index contributed by atoms with van der Waals surface area (Å²) < 4.78 is 0. The van der Waals surface area contributed by atoms with Crippen LogP contribution in [0.5, 0.6) is 0 Å². The normalized spacial score (nSPS) is 15.1. The fraction of sp³-hybridized carbons (Fsp3) is 0.476. The van der Waals surface area contributed by atoms with Gasteiger partial charge in [0.05, 0.1) is 6.42 Å². The van der Waals surface area contributed by atoms with Crippen LogP contribution in [0.4, 0.5) is 5.69 Å². The molecule has 0 unspecified atom stereocenters. The summed E-state index contributed by atoms with van der Waals surface area (Å²) >= 11 is 0. The molecule has 1 aliphatic rings. The standard InChI is InChI=1S/C21H31N3O/c1-20(2,3)17-8-7-15(13-18(17)22)14-19(25)23-16-9-11-24(12-10-16)21(4,5)6/h7-11,13H,12,14,22H2,1-6H3,(H,23,25). The average Bonchev–Trinajstić information content (AvgIpc) is 2.45. The number of nitrogen functional groups attached to an aromatic ring is 1. The van der Waals surface area contributed by atoms with Gasteiger partial charge in [-0.25, -0.2) is 0 Å². The van der Waals surface area contributed by atoms with E-state index in [1.165, 1.54) is 0 Å². The molecule has 0 saturated carbocycles. The summed E-state index contributed by atoms with van der Waals surface area (Å²) in [5, 5.41) is 2.97. The predicted molar refractivity (Wildman–Crippen MR) is 105 cm³/mol. The van der Waals surface area contributed by atoms with Crippen molar-refractivity contribution in [2.75, 3.05) is 12.3 Å². The van der Waals surface area contributed by atoms with Crippen molar-refractivity contribution in [1.82, 2.24) is 10.2 Å². The van der Waals surface area contributed by atoms with Gasteiger partial charge in [0.2, 0.25) is 5.91 Å². The van der Waals surface area contributed by atoms with Gasteiger partial charge >= 0.3 is 0 Å². The third-order valence-electron chi connectivity index (χ3n) is 4.38. The zero-order valence-corrected chi connectivity index (χ0v) is 16.3. The summed E-state index contributed by atoms with van der Waals surface area (Å²) in [5.41, 5.74) is 9.88. The summed E-state index contributed by atoms with van der Waals surface area (Å²) in [4.78, 5) is 14.5. The number of allylic oxidation sites excluding steroid dienone is 1. The van der Waals surface area contributed by atoms with E-state index >= 15 is 0 Å². The number of hydrogen-bond donors (Lipinski definition) is 2. The Kier molecular flexibility index (Phi) is 5.31. The molecule has 0 aromatic heterocycles. The van der Waals surface area contributed by atoms with Gasteiger partial charge in [-0.2, -0.15) is 0 Å². The topological polar surface area (TPSA) is 58.4 Å². The predicted octanol–water partition coefficient (Wildman–Crippen LogP) is 3.74. The molecule has 0 bridgehead atoms. The fourth-order valence-corrected chi connectivity index (χ4v) is 2.88. The van der Waals surface area contributed by atoms with Gasteiger partial charge in [0, 0.05) is 29.7 Å². The zero-order valence-electron chi connectivity index (χ0n) is 16.3. The van der Waals surface area contributed by atoms with Crippen LogP contribution in [0.25, 0.3) is 0 Å². The van der Waals surface area contributed by atoms with Crippen molar-refractivity contribution in [2.24, 2.45) is 0 Å². The van der Waals surface area contributed by atoms with E-state index in [4.69, 9.17) is 5.73 Å². The molecule has 0 saturated heterocycles. The molecule has 0 atom stereocenters. The number of carbonyl (C=O) groups is 1. The second kappa shape index (κ2) is 6.95. The maximum absolute atomic E-state index is 12.3. The molecule has 0 aliphatic carbocycles. The molecule has 1 aliphatic heterocycles. The first-order chi connectivity index (χ1) is 11.5. The molecule has 1 heterocycles. The van der Waals surface area contributed by atoms with Crippen LogP contribution in [0.2, 0.25) is 0 Å². The Labute approximate surface area is 151 Å². The van der Waals surface area contributed by atoms with Crippen LogP contribution in [-0.4, -0.2) is 22.9 Å². The highest BCUT2D eigenvalue weighted by Gasteiger charge is 2.20. The highest BCUT2D eigenvalue weighted by atomic mass is 16.1. The van der Waals surface area contributed by atoms with Crippen molar-refractivity contribution >= 4 is 11.6 Å². The minimum Gasteiger partial charge on any atom is -0.398 e. The van der Waals surface area contributed by atoms with E-state index in [9.17, 15) is 4.79 Å². The smallest absolute Gasteiger partial charge is 0.228 e. The van der Waals surface area contributed by atoms with E-state index in [-0.39, 0.29) is 16.9 Å². The Balaban J connectivity index is 1.97. The maximum atomic E-state index is 12.3. The Morgan fingerprint density at radius 3 is 2.36 bits per heavy atom. The number of nitrogens with one attached hydrogen (secondary N) is 1. The van der Waals surface area contributed by atoms with Crippen molar-refractivity contribution in [2.45, 2.75) is 58.9 Å². The lowest BCUT2D eigenvalue weighted by Gasteiger charge is -2.35. The minimum absolute atomic E-state index is 0.00149. The molecule has 1 aromatic rings. The van der Waals surface area contributed by atoms with Gasteiger partial charge in [0.1, 0.15) is 0 Å². The lowest BCUT2D eigenvalue weighted by Crippen LogP contribution is -2.39. The van der Waals surface area contributed by atoms with Crippen molar-refractivity contribution < 1.29 is 4.79 Å². The molecule has 2 rings (SSSR count). The Morgan fingerprint density at radius 1 is 1.20 bits per heavy atom. The van der Waals surface area contributed by atoms with Crippen molar-refractivity contribution in [3.63, 3.8) is 0 Å². The number of rotatable bonds is 3. The van der Waals surface area contributed by atoms with Gasteiger partial charge in [0.15, 0.2) is 0 Å². The summed E-state index contributed by atoms with van der Waals surface area (Å²) in [6.45, 7) is 13.7. The van der Waals surface area contributed by atoms with Crippen LogP contribution >= 0.6 is 0 Å². The Bertz CT molecular complexity index is 703. The first-order valence-corrected chi connectivity index (χ1v) is 8.80. The fourth-order valence-electron chi connectivity index (χ4n) is 2.88. The van der Waals surface area contributed by atoms with E-state index in [0.717, 1.165) is 29.1 Å². The average molecular weight is 341 g/mol. The first-order valence-electron chi connectivity index (χ1n) is 8.80. The summed E-state index contributed by atoms with van der Waals surface area (Å²) in [6, 6.07) is 5.93. The first kappa shape index (κ1) is 19.1. The molecule has 0 fully saturated rings. The summed E-state index contributed by atoms with van der Waals surface area (Å²) in [6.07, 6.45) is 6.35. The molecular weight excluding hydrogens is 310 g/mol. The van der Waals surface area contributed by atoms with Gasteiger partial charge in [0.25, 0.3) is 0 Å². The number of carbonyl (C=O) groups excluding carboxylic acids is 1. The number of anilines is 1. The van der Waals surface area contributed by atoms with Crippen LogP contribution in [0.15, 0.2) is 42.2 Å². The van der Waals surface area contributed by atoms with Gasteiger partial charge in [-0.3, -0.25) is 4.79 Å². The van der Waals surface area contributed by atoms with Crippen molar-refractivity contribution in [3.05, 3.63) is 53.4 Å². The van der Waals surface area contributed by atoms with E-state index in [1.54, 1.807) is 0 Å². The highest BCUT2D eigenvalue weighted by molar-refractivity contribution is 5.81. The number of hydrogen-bond acceptors (Lipinski definition) is 3. The molecule has 4 nitrogen and oxygen atoms in total. The van der Waals surface area contributed by atoms with Gasteiger partial charge in [-0.05, 0) is 55.5 Å². The van der Waals surface area contributed by atoms with Crippen LogP contribution in [0, 0.1) is 0 Å². The monoisotopic (exact) mass is 341 g/mol. The summed E-state index contributed by atoms with van der Waals surface area (Å²) in [5.74, 6) is -0.0250. The van der Waals surface area contributed by atoms with Crippen LogP contribution < -0.4 is 11.1 Å². The highest BCUT2D eigenvalue weighted by Crippen LogP contribution is 2.28. The van der Waals surface area contributed by atoms with Crippen LogP contribution in [0.3, 0.4) is 0 Å². The van der Waals surface area contributed by atoms with Crippen molar-refractivity contribution in [3.8, 4) is 0 Å². The molecule has 1 aromatic carbocycles. The molecular formula is C21H31N3O. The third-order valence-corrected chi connectivity index (χ3v) is 4.38. The zero-order chi connectivity index (χ0) is 18.8.